The summed E-state index contributed by atoms with van der Waals surface area (Å²) in [4.78, 5) is 8.11. The van der Waals surface area contributed by atoms with Gasteiger partial charge in [-0.05, 0) is 19.3 Å². The van der Waals surface area contributed by atoms with Gasteiger partial charge in [-0.15, -0.1) is 0 Å². The number of rotatable bonds is 5. The minimum atomic E-state index is -0.0656. The highest BCUT2D eigenvalue weighted by Crippen LogP contribution is 2.06. The van der Waals surface area contributed by atoms with Crippen LogP contribution in [0.25, 0.3) is 11.2 Å². The van der Waals surface area contributed by atoms with Crippen LogP contribution in [0.5, 0.6) is 0 Å². The number of aromatic nitrogens is 4. The largest absolute Gasteiger partial charge is 0.425 e. The van der Waals surface area contributed by atoms with E-state index in [1.165, 1.54) is 6.33 Å². The van der Waals surface area contributed by atoms with Gasteiger partial charge >= 0.3 is 0 Å². The van der Waals surface area contributed by atoms with Crippen LogP contribution in [-0.2, 0) is 6.54 Å². The molecule has 2 heterocycles. The first-order valence-electron chi connectivity index (χ1n) is 5.51. The number of aliphatic hydroxyl groups is 1. The van der Waals surface area contributed by atoms with Crippen molar-refractivity contribution in [3.8, 4) is 0 Å². The molecule has 17 heavy (non-hydrogen) atoms. The van der Waals surface area contributed by atoms with Crippen LogP contribution >= 0.6 is 0 Å². The molecule has 0 aliphatic carbocycles. The van der Waals surface area contributed by atoms with Gasteiger partial charge in [0.15, 0.2) is 16.7 Å². The fourth-order valence-electron chi connectivity index (χ4n) is 1.69. The van der Waals surface area contributed by atoms with E-state index < -0.39 is 0 Å². The molecule has 0 spiro atoms. The van der Waals surface area contributed by atoms with Gasteiger partial charge in [0, 0.05) is 13.2 Å². The minimum absolute atomic E-state index is 0.0656. The van der Waals surface area contributed by atoms with Gasteiger partial charge in [0.1, 0.15) is 6.33 Å². The van der Waals surface area contributed by atoms with Gasteiger partial charge in [0.05, 0.1) is 6.33 Å². The molecule has 0 aromatic carbocycles. The molecule has 2 aromatic rings. The standard InChI is InChI=1S/C10H15N5O2/c11-9-8-10(13-7-15(9)17)14(6-12-8)4-2-1-3-5-16/h6-7,11,16-17H,1-5H2. The summed E-state index contributed by atoms with van der Waals surface area (Å²) in [5, 5.41) is 25.5. The molecule has 7 nitrogen and oxygen atoms in total. The summed E-state index contributed by atoms with van der Waals surface area (Å²) >= 11 is 0. The van der Waals surface area contributed by atoms with E-state index in [9.17, 15) is 5.21 Å². The SMILES string of the molecule is N=c1c2ncn(CCCCCO)c2ncn1O. The Bertz CT molecular complexity index is 559. The van der Waals surface area contributed by atoms with Gasteiger partial charge in [-0.25, -0.2) is 9.97 Å². The maximum absolute atomic E-state index is 9.26. The zero-order valence-corrected chi connectivity index (χ0v) is 9.37. The fourth-order valence-corrected chi connectivity index (χ4v) is 1.69. The summed E-state index contributed by atoms with van der Waals surface area (Å²) in [5.41, 5.74) is 0.922. The van der Waals surface area contributed by atoms with Crippen LogP contribution in [0.1, 0.15) is 19.3 Å². The molecule has 0 saturated heterocycles. The molecule has 0 aliphatic rings. The van der Waals surface area contributed by atoms with Crippen LogP contribution < -0.4 is 5.49 Å². The molecule has 0 radical (unpaired) electrons. The second-order valence-electron chi connectivity index (χ2n) is 3.83. The summed E-state index contributed by atoms with van der Waals surface area (Å²) in [6.07, 6.45) is 5.47. The van der Waals surface area contributed by atoms with E-state index in [-0.39, 0.29) is 12.1 Å². The smallest absolute Gasteiger partial charge is 0.192 e. The Morgan fingerprint density at radius 2 is 2.00 bits per heavy atom. The molecular weight excluding hydrogens is 222 g/mol. The lowest BCUT2D eigenvalue weighted by Gasteiger charge is -2.03. The number of aryl methyl sites for hydroxylation is 1. The van der Waals surface area contributed by atoms with E-state index >= 15 is 0 Å². The van der Waals surface area contributed by atoms with E-state index in [1.807, 2.05) is 4.57 Å². The molecule has 3 N–H and O–H groups in total. The van der Waals surface area contributed by atoms with Crippen molar-refractivity contribution in [3.63, 3.8) is 0 Å². The summed E-state index contributed by atoms with van der Waals surface area (Å²) in [5.74, 6) is 0. The second kappa shape index (κ2) is 4.96. The lowest BCUT2D eigenvalue weighted by atomic mass is 10.2. The van der Waals surface area contributed by atoms with Gasteiger partial charge in [0.25, 0.3) is 0 Å². The maximum atomic E-state index is 9.26. The number of nitrogens with zero attached hydrogens (tertiary/aromatic N) is 4. The van der Waals surface area contributed by atoms with Crippen molar-refractivity contribution in [2.75, 3.05) is 6.61 Å². The summed E-state index contributed by atoms with van der Waals surface area (Å²) in [6.45, 7) is 0.961. The molecule has 7 heteroatoms. The van der Waals surface area contributed by atoms with Crippen LogP contribution in [0.3, 0.4) is 0 Å². The van der Waals surface area contributed by atoms with Crippen molar-refractivity contribution < 1.29 is 10.3 Å². The Kier molecular flexibility index (Phi) is 3.38. The topological polar surface area (TPSA) is 100.0 Å². The number of fused-ring (bicyclic) bond motifs is 1. The molecule has 2 rings (SSSR count). The summed E-state index contributed by atoms with van der Waals surface area (Å²) in [6, 6.07) is 0. The van der Waals surface area contributed by atoms with Crippen molar-refractivity contribution in [2.45, 2.75) is 25.8 Å². The molecule has 0 aliphatic heterocycles. The highest BCUT2D eigenvalue weighted by atomic mass is 16.5. The lowest BCUT2D eigenvalue weighted by molar-refractivity contribution is 0.168. The third-order valence-corrected chi connectivity index (χ3v) is 2.61. The van der Waals surface area contributed by atoms with Crippen molar-refractivity contribution in [2.24, 2.45) is 0 Å². The predicted octanol–water partition coefficient (Wildman–Crippen LogP) is 0.112. The molecule has 2 aromatic heterocycles. The Morgan fingerprint density at radius 1 is 1.18 bits per heavy atom. The Labute approximate surface area is 97.5 Å². The van der Waals surface area contributed by atoms with Gasteiger partial charge in [-0.1, -0.05) is 0 Å². The first-order chi connectivity index (χ1) is 8.24. The van der Waals surface area contributed by atoms with Gasteiger partial charge in [-0.3, -0.25) is 5.41 Å². The van der Waals surface area contributed by atoms with Gasteiger partial charge in [0.2, 0.25) is 0 Å². The van der Waals surface area contributed by atoms with Gasteiger partial charge in [-0.2, -0.15) is 4.73 Å². The number of hydrogen-bond donors (Lipinski definition) is 3. The Balaban J connectivity index is 2.19. The molecule has 0 saturated carbocycles. The van der Waals surface area contributed by atoms with Crippen molar-refractivity contribution in [3.05, 3.63) is 18.1 Å². The summed E-state index contributed by atoms with van der Waals surface area (Å²) < 4.78 is 2.50. The van der Waals surface area contributed by atoms with Crippen LogP contribution in [0, 0.1) is 5.41 Å². The number of unbranched alkanes of at least 4 members (excludes halogenated alkanes) is 2. The predicted molar refractivity (Wildman–Crippen MR) is 59.5 cm³/mol. The molecular formula is C10H15N5O2. The quantitative estimate of drug-likeness (QED) is 0.507. The van der Waals surface area contributed by atoms with E-state index in [0.29, 0.717) is 15.9 Å². The van der Waals surface area contributed by atoms with E-state index in [4.69, 9.17) is 10.5 Å². The first-order valence-corrected chi connectivity index (χ1v) is 5.51. The molecule has 0 atom stereocenters. The van der Waals surface area contributed by atoms with Crippen molar-refractivity contribution in [1.29, 1.82) is 5.41 Å². The third-order valence-electron chi connectivity index (χ3n) is 2.61. The molecule has 0 bridgehead atoms. The van der Waals surface area contributed by atoms with Crippen LogP contribution in [0.15, 0.2) is 12.7 Å². The Morgan fingerprint density at radius 3 is 2.76 bits per heavy atom. The van der Waals surface area contributed by atoms with Crippen LogP contribution in [0.2, 0.25) is 0 Å². The molecule has 0 amide bonds. The number of hydrogen-bond acceptors (Lipinski definition) is 5. The second-order valence-corrected chi connectivity index (χ2v) is 3.83. The molecule has 0 unspecified atom stereocenters. The van der Waals surface area contributed by atoms with Gasteiger partial charge < -0.3 is 14.9 Å². The van der Waals surface area contributed by atoms with Crippen LogP contribution in [0.4, 0.5) is 0 Å². The lowest BCUT2D eigenvalue weighted by Crippen LogP contribution is -2.18. The monoisotopic (exact) mass is 237 g/mol. The normalized spacial score (nSPS) is 11.1. The molecule has 0 fully saturated rings. The zero-order chi connectivity index (χ0) is 12.3. The van der Waals surface area contributed by atoms with Crippen LogP contribution in [-0.4, -0.2) is 36.2 Å². The Hall–Kier alpha value is -1.89. The molecule has 92 valence electrons. The average Bonchev–Trinajstić information content (AvgIpc) is 2.73. The average molecular weight is 237 g/mol. The fraction of sp³-hybridized carbons (Fsp3) is 0.500. The number of nitrogens with one attached hydrogen (secondary N) is 1. The third kappa shape index (κ3) is 2.28. The van der Waals surface area contributed by atoms with E-state index in [0.717, 1.165) is 25.8 Å². The van der Waals surface area contributed by atoms with E-state index in [1.54, 1.807) is 6.33 Å². The summed E-state index contributed by atoms with van der Waals surface area (Å²) in [7, 11) is 0. The number of imidazole rings is 1. The number of aliphatic hydroxyl groups excluding tert-OH is 1. The van der Waals surface area contributed by atoms with E-state index in [2.05, 4.69) is 9.97 Å². The van der Waals surface area contributed by atoms with Crippen molar-refractivity contribution in [1.82, 2.24) is 19.3 Å². The van der Waals surface area contributed by atoms with Crippen molar-refractivity contribution >= 4 is 11.2 Å². The first kappa shape index (κ1) is 11.6. The highest BCUT2D eigenvalue weighted by molar-refractivity contribution is 5.68. The zero-order valence-electron chi connectivity index (χ0n) is 9.37. The highest BCUT2D eigenvalue weighted by Gasteiger charge is 2.07. The minimum Gasteiger partial charge on any atom is -0.425 e. The maximum Gasteiger partial charge on any atom is 0.192 e.